The average molecular weight is 217 g/mol. The van der Waals surface area contributed by atoms with Crippen molar-refractivity contribution in [2.45, 2.75) is 39.2 Å². The van der Waals surface area contributed by atoms with E-state index in [4.69, 9.17) is 0 Å². The molecule has 1 aromatic rings. The predicted molar refractivity (Wildman–Crippen MR) is 63.5 cm³/mol. The van der Waals surface area contributed by atoms with Crippen molar-refractivity contribution < 1.29 is 4.39 Å². The molecular weight excluding hydrogens is 201 g/mol. The molecule has 3 atom stereocenters. The fourth-order valence-electron chi connectivity index (χ4n) is 3.21. The van der Waals surface area contributed by atoms with E-state index in [2.05, 4.69) is 24.9 Å². The molecule has 0 bridgehead atoms. The summed E-state index contributed by atoms with van der Waals surface area (Å²) in [7, 11) is 0. The Morgan fingerprint density at radius 2 is 2.06 bits per heavy atom. The molecule has 3 rings (SSSR count). The highest BCUT2D eigenvalue weighted by Crippen LogP contribution is 2.62. The largest absolute Gasteiger partial charge is 0.290 e. The zero-order valence-corrected chi connectivity index (χ0v) is 9.92. The van der Waals surface area contributed by atoms with Crippen LogP contribution >= 0.6 is 0 Å². The number of rotatable bonds is 1. The summed E-state index contributed by atoms with van der Waals surface area (Å²) in [6.45, 7) is 6.28. The maximum atomic E-state index is 13.4. The molecule has 1 fully saturated rings. The van der Waals surface area contributed by atoms with Gasteiger partial charge in [0.15, 0.2) is 0 Å². The SMILES string of the molecule is CC1=NC2CC2(C)C1c1cc(C)cc(F)c1. The number of nitrogens with zero attached hydrogens (tertiary/aromatic N) is 1. The van der Waals surface area contributed by atoms with Gasteiger partial charge >= 0.3 is 0 Å². The Bertz CT molecular complexity index is 471. The molecule has 16 heavy (non-hydrogen) atoms. The molecule has 84 valence electrons. The first-order valence-electron chi connectivity index (χ1n) is 5.82. The third-order valence-corrected chi connectivity index (χ3v) is 4.07. The molecule has 1 aliphatic heterocycles. The van der Waals surface area contributed by atoms with Gasteiger partial charge in [0.05, 0.1) is 6.04 Å². The Balaban J connectivity index is 2.07. The normalized spacial score (nSPS) is 35.9. The van der Waals surface area contributed by atoms with E-state index in [1.165, 1.54) is 5.71 Å². The van der Waals surface area contributed by atoms with E-state index in [9.17, 15) is 4.39 Å². The van der Waals surface area contributed by atoms with Gasteiger partial charge in [-0.15, -0.1) is 0 Å². The first-order chi connectivity index (χ1) is 7.50. The third-order valence-electron chi connectivity index (χ3n) is 4.07. The number of hydrogen-bond acceptors (Lipinski definition) is 1. The lowest BCUT2D eigenvalue weighted by Crippen LogP contribution is -2.16. The summed E-state index contributed by atoms with van der Waals surface area (Å²) in [5.41, 5.74) is 3.53. The Hall–Kier alpha value is -1.18. The van der Waals surface area contributed by atoms with Crippen molar-refractivity contribution in [3.05, 3.63) is 35.1 Å². The zero-order valence-electron chi connectivity index (χ0n) is 9.92. The summed E-state index contributed by atoms with van der Waals surface area (Å²) >= 11 is 0. The highest BCUT2D eigenvalue weighted by atomic mass is 19.1. The fourth-order valence-corrected chi connectivity index (χ4v) is 3.21. The Morgan fingerprint density at radius 1 is 1.31 bits per heavy atom. The quantitative estimate of drug-likeness (QED) is 0.683. The lowest BCUT2D eigenvalue weighted by Gasteiger charge is -2.20. The van der Waals surface area contributed by atoms with E-state index in [0.717, 1.165) is 17.5 Å². The van der Waals surface area contributed by atoms with E-state index in [-0.39, 0.29) is 11.2 Å². The molecule has 1 aromatic carbocycles. The van der Waals surface area contributed by atoms with Crippen molar-refractivity contribution in [2.75, 3.05) is 0 Å². The van der Waals surface area contributed by atoms with Gasteiger partial charge in [0.25, 0.3) is 0 Å². The van der Waals surface area contributed by atoms with E-state index < -0.39 is 0 Å². The second-order valence-corrected chi connectivity index (χ2v) is 5.49. The van der Waals surface area contributed by atoms with Gasteiger partial charge in [0, 0.05) is 17.0 Å². The highest BCUT2D eigenvalue weighted by Gasteiger charge is 2.60. The number of halogens is 1. The maximum Gasteiger partial charge on any atom is 0.123 e. The number of hydrogen-bond donors (Lipinski definition) is 0. The van der Waals surface area contributed by atoms with Crippen LogP contribution in [0.15, 0.2) is 23.2 Å². The molecule has 1 heterocycles. The minimum absolute atomic E-state index is 0.129. The Morgan fingerprint density at radius 3 is 2.62 bits per heavy atom. The van der Waals surface area contributed by atoms with E-state index in [1.807, 2.05) is 6.92 Å². The Kier molecular flexibility index (Phi) is 1.84. The summed E-state index contributed by atoms with van der Waals surface area (Å²) in [6, 6.07) is 5.83. The molecule has 0 radical (unpaired) electrons. The van der Waals surface area contributed by atoms with Crippen LogP contribution in [0.25, 0.3) is 0 Å². The molecule has 2 heteroatoms. The second kappa shape index (κ2) is 2.93. The van der Waals surface area contributed by atoms with E-state index in [1.54, 1.807) is 12.1 Å². The number of benzene rings is 1. The van der Waals surface area contributed by atoms with Crippen molar-refractivity contribution in [3.8, 4) is 0 Å². The van der Waals surface area contributed by atoms with Crippen LogP contribution in [0, 0.1) is 18.2 Å². The van der Waals surface area contributed by atoms with Gasteiger partial charge in [-0.2, -0.15) is 0 Å². The molecule has 0 saturated heterocycles. The molecule has 3 unspecified atom stereocenters. The van der Waals surface area contributed by atoms with Crippen LogP contribution < -0.4 is 0 Å². The van der Waals surface area contributed by atoms with Crippen LogP contribution in [0.2, 0.25) is 0 Å². The average Bonchev–Trinajstić information content (AvgIpc) is 2.67. The van der Waals surface area contributed by atoms with Crippen LogP contribution in [0.3, 0.4) is 0 Å². The molecule has 0 spiro atoms. The smallest absolute Gasteiger partial charge is 0.123 e. The second-order valence-electron chi connectivity index (χ2n) is 5.49. The number of aryl methyl sites for hydroxylation is 1. The van der Waals surface area contributed by atoms with Crippen molar-refractivity contribution in [1.82, 2.24) is 0 Å². The summed E-state index contributed by atoms with van der Waals surface area (Å²) < 4.78 is 13.4. The van der Waals surface area contributed by atoms with E-state index in [0.29, 0.717) is 12.0 Å². The van der Waals surface area contributed by atoms with Crippen LogP contribution in [0.5, 0.6) is 0 Å². The molecule has 1 aliphatic carbocycles. The summed E-state index contributed by atoms with van der Waals surface area (Å²) in [6.07, 6.45) is 1.16. The molecular formula is C14H16FN. The van der Waals surface area contributed by atoms with Gasteiger partial charge in [0.1, 0.15) is 5.82 Å². The third kappa shape index (κ3) is 1.25. The lowest BCUT2D eigenvalue weighted by atomic mass is 9.82. The van der Waals surface area contributed by atoms with Crippen LogP contribution in [-0.4, -0.2) is 11.8 Å². The first-order valence-corrected chi connectivity index (χ1v) is 5.82. The predicted octanol–water partition coefficient (Wildman–Crippen LogP) is 3.47. The zero-order chi connectivity index (χ0) is 11.5. The minimum Gasteiger partial charge on any atom is -0.290 e. The van der Waals surface area contributed by atoms with Gasteiger partial charge in [-0.05, 0) is 43.5 Å². The van der Waals surface area contributed by atoms with E-state index >= 15 is 0 Å². The van der Waals surface area contributed by atoms with Crippen molar-refractivity contribution >= 4 is 5.71 Å². The number of fused-ring (bicyclic) bond motifs is 1. The topological polar surface area (TPSA) is 12.4 Å². The summed E-state index contributed by atoms with van der Waals surface area (Å²) in [5.74, 6) is 0.197. The molecule has 0 N–H and O–H groups in total. The van der Waals surface area contributed by atoms with Crippen LogP contribution in [-0.2, 0) is 0 Å². The minimum atomic E-state index is -0.129. The standard InChI is InChI=1S/C14H16FN/c1-8-4-10(6-11(15)5-8)13-9(2)16-12-7-14(12,13)3/h4-6,12-13H,7H2,1-3H3. The summed E-state index contributed by atoms with van der Waals surface area (Å²) in [4.78, 5) is 4.65. The first kappa shape index (κ1) is 10.0. The highest BCUT2D eigenvalue weighted by molar-refractivity contribution is 5.93. The molecule has 2 aliphatic rings. The van der Waals surface area contributed by atoms with Crippen molar-refractivity contribution in [3.63, 3.8) is 0 Å². The van der Waals surface area contributed by atoms with Gasteiger partial charge in [0.2, 0.25) is 0 Å². The Labute approximate surface area is 95.4 Å². The van der Waals surface area contributed by atoms with Gasteiger partial charge < -0.3 is 0 Å². The summed E-state index contributed by atoms with van der Waals surface area (Å²) in [5, 5.41) is 0. The van der Waals surface area contributed by atoms with Gasteiger partial charge in [-0.3, -0.25) is 4.99 Å². The monoisotopic (exact) mass is 217 g/mol. The molecule has 1 nitrogen and oxygen atoms in total. The fraction of sp³-hybridized carbons (Fsp3) is 0.500. The molecule has 1 saturated carbocycles. The van der Waals surface area contributed by atoms with Crippen LogP contribution in [0.1, 0.15) is 37.3 Å². The molecule has 0 amide bonds. The lowest BCUT2D eigenvalue weighted by molar-refractivity contribution is 0.529. The van der Waals surface area contributed by atoms with Crippen LogP contribution in [0.4, 0.5) is 4.39 Å². The van der Waals surface area contributed by atoms with Crippen molar-refractivity contribution in [1.29, 1.82) is 0 Å². The molecule has 0 aromatic heterocycles. The maximum absolute atomic E-state index is 13.4. The van der Waals surface area contributed by atoms with Crippen molar-refractivity contribution in [2.24, 2.45) is 10.4 Å². The number of aliphatic imine (C=N–C) groups is 1. The van der Waals surface area contributed by atoms with Gasteiger partial charge in [-0.1, -0.05) is 13.0 Å². The van der Waals surface area contributed by atoms with Gasteiger partial charge in [-0.25, -0.2) is 4.39 Å².